The van der Waals surface area contributed by atoms with E-state index in [9.17, 15) is 9.59 Å². The first kappa shape index (κ1) is 13.1. The van der Waals surface area contributed by atoms with Crippen LogP contribution in [0.3, 0.4) is 0 Å². The molecular formula is C14H12ClNO4. The van der Waals surface area contributed by atoms with Crippen molar-refractivity contribution in [2.45, 2.75) is 13.3 Å². The molecule has 1 saturated carbocycles. The van der Waals surface area contributed by atoms with Crippen molar-refractivity contribution in [1.82, 2.24) is 5.48 Å². The zero-order chi connectivity index (χ0) is 14.4. The average molecular weight is 294 g/mol. The molecule has 20 heavy (non-hydrogen) atoms. The number of benzene rings is 1. The average Bonchev–Trinajstić information content (AvgIpc) is 3.12. The number of rotatable bonds is 3. The summed E-state index contributed by atoms with van der Waals surface area (Å²) in [5, 5.41) is 9.70. The fourth-order valence-electron chi connectivity index (χ4n) is 2.45. The molecule has 0 unspecified atom stereocenters. The number of ketones is 1. The van der Waals surface area contributed by atoms with Crippen LogP contribution in [0.2, 0.25) is 5.02 Å². The first-order chi connectivity index (χ1) is 9.51. The molecule has 104 valence electrons. The van der Waals surface area contributed by atoms with Crippen molar-refractivity contribution in [3.63, 3.8) is 0 Å². The van der Waals surface area contributed by atoms with Gasteiger partial charge in [-0.25, -0.2) is 5.48 Å². The van der Waals surface area contributed by atoms with Gasteiger partial charge in [0.1, 0.15) is 5.76 Å². The quantitative estimate of drug-likeness (QED) is 0.518. The normalized spacial score (nSPS) is 20.9. The van der Waals surface area contributed by atoms with Gasteiger partial charge in [-0.3, -0.25) is 14.8 Å². The Kier molecular flexibility index (Phi) is 3.03. The number of furan rings is 1. The highest BCUT2D eigenvalue weighted by Gasteiger charge is 2.48. The Hall–Kier alpha value is -1.85. The number of halogens is 1. The lowest BCUT2D eigenvalue weighted by atomic mass is 10.0. The fourth-order valence-corrected chi connectivity index (χ4v) is 2.72. The number of amides is 1. The molecule has 0 saturated heterocycles. The molecule has 5 nitrogen and oxygen atoms in total. The van der Waals surface area contributed by atoms with E-state index in [0.717, 1.165) is 11.1 Å². The van der Waals surface area contributed by atoms with Crippen LogP contribution in [0, 0.1) is 18.8 Å². The number of Topliss-reactive ketones (excluding diaryl/α,β-unsaturated/α-hetero) is 1. The van der Waals surface area contributed by atoms with E-state index < -0.39 is 11.8 Å². The van der Waals surface area contributed by atoms with Crippen LogP contribution in [0.15, 0.2) is 22.6 Å². The molecule has 2 N–H and O–H groups in total. The van der Waals surface area contributed by atoms with Gasteiger partial charge < -0.3 is 4.42 Å². The molecule has 2 atom stereocenters. The van der Waals surface area contributed by atoms with Crippen molar-refractivity contribution in [3.05, 3.63) is 34.5 Å². The van der Waals surface area contributed by atoms with Gasteiger partial charge in [-0.05, 0) is 31.5 Å². The minimum Gasteiger partial charge on any atom is -0.460 e. The van der Waals surface area contributed by atoms with E-state index in [1.54, 1.807) is 24.5 Å². The van der Waals surface area contributed by atoms with Gasteiger partial charge >= 0.3 is 0 Å². The van der Waals surface area contributed by atoms with Crippen molar-refractivity contribution in [2.24, 2.45) is 11.8 Å². The lowest BCUT2D eigenvalue weighted by Gasteiger charge is -2.02. The van der Waals surface area contributed by atoms with Crippen LogP contribution < -0.4 is 5.48 Å². The summed E-state index contributed by atoms with van der Waals surface area (Å²) in [5.41, 5.74) is 2.59. The van der Waals surface area contributed by atoms with Crippen LogP contribution in [-0.2, 0) is 4.79 Å². The van der Waals surface area contributed by atoms with Crippen molar-refractivity contribution in [1.29, 1.82) is 0 Å². The second-order valence-electron chi connectivity index (χ2n) is 5.02. The second kappa shape index (κ2) is 4.61. The molecule has 1 amide bonds. The summed E-state index contributed by atoms with van der Waals surface area (Å²) in [6, 6.07) is 5.08. The van der Waals surface area contributed by atoms with E-state index in [2.05, 4.69) is 0 Å². The van der Waals surface area contributed by atoms with Crippen LogP contribution in [-0.4, -0.2) is 16.9 Å². The lowest BCUT2D eigenvalue weighted by Crippen LogP contribution is -2.22. The minimum absolute atomic E-state index is 0.138. The van der Waals surface area contributed by atoms with E-state index in [1.165, 1.54) is 0 Å². The summed E-state index contributed by atoms with van der Waals surface area (Å²) in [5.74, 6) is -0.775. The number of aryl methyl sites for hydroxylation is 1. The number of hydrogen-bond donors (Lipinski definition) is 2. The first-order valence-electron chi connectivity index (χ1n) is 6.19. The summed E-state index contributed by atoms with van der Waals surface area (Å²) >= 11 is 6.11. The Morgan fingerprint density at radius 3 is 2.80 bits per heavy atom. The topological polar surface area (TPSA) is 79.5 Å². The van der Waals surface area contributed by atoms with E-state index in [4.69, 9.17) is 21.2 Å². The van der Waals surface area contributed by atoms with Crippen LogP contribution in [0.1, 0.15) is 22.5 Å². The van der Waals surface area contributed by atoms with Gasteiger partial charge in [-0.2, -0.15) is 0 Å². The predicted molar refractivity (Wildman–Crippen MR) is 71.8 cm³/mol. The maximum Gasteiger partial charge on any atom is 0.247 e. The first-order valence-corrected chi connectivity index (χ1v) is 6.57. The maximum atomic E-state index is 12.3. The molecule has 0 radical (unpaired) electrons. The number of fused-ring (bicyclic) bond motifs is 1. The van der Waals surface area contributed by atoms with E-state index in [-0.39, 0.29) is 11.7 Å². The lowest BCUT2D eigenvalue weighted by molar-refractivity contribution is -0.130. The molecule has 6 heteroatoms. The summed E-state index contributed by atoms with van der Waals surface area (Å²) < 4.78 is 5.45. The second-order valence-corrected chi connectivity index (χ2v) is 5.43. The van der Waals surface area contributed by atoms with Crippen LogP contribution in [0.4, 0.5) is 0 Å². The van der Waals surface area contributed by atoms with Gasteiger partial charge in [0.15, 0.2) is 11.4 Å². The largest absolute Gasteiger partial charge is 0.460 e. The van der Waals surface area contributed by atoms with Gasteiger partial charge in [0.25, 0.3) is 0 Å². The molecule has 0 spiro atoms. The van der Waals surface area contributed by atoms with Crippen LogP contribution in [0.5, 0.6) is 0 Å². The Bertz CT molecular complexity index is 721. The van der Waals surface area contributed by atoms with Gasteiger partial charge in [-0.1, -0.05) is 11.6 Å². The third kappa shape index (κ3) is 2.09. The summed E-state index contributed by atoms with van der Waals surface area (Å²) in [6.45, 7) is 1.81. The van der Waals surface area contributed by atoms with Crippen molar-refractivity contribution in [2.75, 3.05) is 0 Å². The number of hydroxylamine groups is 1. The molecule has 0 aliphatic heterocycles. The molecule has 1 aliphatic carbocycles. The third-order valence-electron chi connectivity index (χ3n) is 3.55. The predicted octanol–water partition coefficient (Wildman–Crippen LogP) is 2.72. The zero-order valence-corrected chi connectivity index (χ0v) is 11.4. The number of carbonyl (C=O) groups excluding carboxylic acids is 2. The Labute approximate surface area is 119 Å². The van der Waals surface area contributed by atoms with E-state index >= 15 is 0 Å². The summed E-state index contributed by atoms with van der Waals surface area (Å²) in [6.07, 6.45) is 0.450. The van der Waals surface area contributed by atoms with Crippen molar-refractivity contribution in [3.8, 4) is 0 Å². The third-order valence-corrected chi connectivity index (χ3v) is 3.83. The van der Waals surface area contributed by atoms with Crippen LogP contribution in [0.25, 0.3) is 11.0 Å². The molecule has 1 fully saturated rings. The Balaban J connectivity index is 1.91. The Morgan fingerprint density at radius 1 is 1.35 bits per heavy atom. The highest BCUT2D eigenvalue weighted by molar-refractivity contribution is 6.35. The number of carbonyl (C=O) groups is 2. The molecule has 3 rings (SSSR count). The molecule has 1 aromatic heterocycles. The zero-order valence-electron chi connectivity index (χ0n) is 10.6. The van der Waals surface area contributed by atoms with Crippen molar-refractivity contribution >= 4 is 34.3 Å². The van der Waals surface area contributed by atoms with Crippen molar-refractivity contribution < 1.29 is 19.2 Å². The maximum absolute atomic E-state index is 12.3. The van der Waals surface area contributed by atoms with Gasteiger partial charge in [0, 0.05) is 16.9 Å². The number of nitrogens with one attached hydrogen (secondary N) is 1. The monoisotopic (exact) mass is 293 g/mol. The molecule has 1 aliphatic rings. The van der Waals surface area contributed by atoms with E-state index in [0.29, 0.717) is 22.6 Å². The van der Waals surface area contributed by atoms with Gasteiger partial charge in [0.2, 0.25) is 5.91 Å². The fraction of sp³-hybridized carbons (Fsp3) is 0.286. The summed E-state index contributed by atoms with van der Waals surface area (Å²) in [7, 11) is 0. The highest BCUT2D eigenvalue weighted by Crippen LogP contribution is 2.42. The summed E-state index contributed by atoms with van der Waals surface area (Å²) in [4.78, 5) is 23.5. The standard InChI is InChI=1S/C14H12ClNO4/c1-6-2-8-3-7(4-11(15)13(8)20-6)12(17)9-5-10(9)14(18)16-19/h2-4,9-10,19H,5H2,1H3,(H,16,18)/t9-,10-/m0/s1. The van der Waals surface area contributed by atoms with E-state index in [1.807, 2.05) is 6.07 Å². The molecule has 1 aromatic carbocycles. The highest BCUT2D eigenvalue weighted by atomic mass is 35.5. The van der Waals surface area contributed by atoms with Crippen LogP contribution >= 0.6 is 11.6 Å². The molecule has 2 aromatic rings. The minimum atomic E-state index is -0.519. The molecular weight excluding hydrogens is 282 g/mol. The van der Waals surface area contributed by atoms with Gasteiger partial charge in [-0.15, -0.1) is 0 Å². The van der Waals surface area contributed by atoms with Gasteiger partial charge in [0.05, 0.1) is 10.9 Å². The molecule has 0 bridgehead atoms. The smallest absolute Gasteiger partial charge is 0.247 e. The Morgan fingerprint density at radius 2 is 2.10 bits per heavy atom. The SMILES string of the molecule is Cc1cc2cc(C(=O)[C@H]3C[C@@H]3C(=O)NO)cc(Cl)c2o1. The number of hydrogen-bond acceptors (Lipinski definition) is 4. The molecule has 1 heterocycles.